The fourth-order valence-electron chi connectivity index (χ4n) is 2.48. The maximum absolute atomic E-state index is 13.1. The zero-order valence-corrected chi connectivity index (χ0v) is 12.8. The van der Waals surface area contributed by atoms with Crippen molar-refractivity contribution >= 4 is 5.97 Å². The van der Waals surface area contributed by atoms with Crippen molar-refractivity contribution in [2.45, 2.75) is 32.7 Å². The molecule has 0 saturated heterocycles. The summed E-state index contributed by atoms with van der Waals surface area (Å²) in [5.41, 5.74) is -1.94. The van der Waals surface area contributed by atoms with Gasteiger partial charge in [0.15, 0.2) is 0 Å². The van der Waals surface area contributed by atoms with Gasteiger partial charge < -0.3 is 5.11 Å². The van der Waals surface area contributed by atoms with Gasteiger partial charge in [0.25, 0.3) is 5.56 Å². The van der Waals surface area contributed by atoms with Crippen molar-refractivity contribution in [2.24, 2.45) is 0 Å². The van der Waals surface area contributed by atoms with Crippen molar-refractivity contribution in [3.63, 3.8) is 0 Å². The summed E-state index contributed by atoms with van der Waals surface area (Å²) in [6.07, 6.45) is 2.30. The molecule has 6 nitrogen and oxygen atoms in total. The molecule has 0 radical (unpaired) electrons. The van der Waals surface area contributed by atoms with E-state index >= 15 is 0 Å². The number of hydrogen-bond acceptors (Lipinski definition) is 3. The van der Waals surface area contributed by atoms with Crippen LogP contribution in [0.4, 0.5) is 4.39 Å². The highest BCUT2D eigenvalue weighted by Gasteiger charge is 2.20. The molecule has 0 aliphatic carbocycles. The van der Waals surface area contributed by atoms with Crippen LogP contribution in [0, 0.1) is 5.82 Å². The number of benzene rings is 1. The van der Waals surface area contributed by atoms with Crippen LogP contribution >= 0.6 is 0 Å². The Morgan fingerprint density at radius 2 is 1.74 bits per heavy atom. The molecule has 0 atom stereocenters. The van der Waals surface area contributed by atoms with Gasteiger partial charge in [-0.3, -0.25) is 9.36 Å². The van der Waals surface area contributed by atoms with Crippen molar-refractivity contribution in [3.05, 3.63) is 62.7 Å². The number of rotatable bonds is 5. The molecule has 0 amide bonds. The number of carboxylic acid groups (broad SMARTS) is 1. The molecule has 0 bridgehead atoms. The highest BCUT2D eigenvalue weighted by atomic mass is 19.1. The number of nitrogens with zero attached hydrogens (tertiary/aromatic N) is 2. The lowest BCUT2D eigenvalue weighted by Gasteiger charge is -2.18. The monoisotopic (exact) mass is 320 g/mol. The molecule has 1 heterocycles. The normalized spacial score (nSPS) is 11.0. The molecule has 0 fully saturated rings. The highest BCUT2D eigenvalue weighted by Crippen LogP contribution is 2.13. The zero-order chi connectivity index (χ0) is 17.1. The average molecular weight is 320 g/mol. The van der Waals surface area contributed by atoms with Gasteiger partial charge in [-0.1, -0.05) is 13.8 Å². The Morgan fingerprint density at radius 1 is 1.17 bits per heavy atom. The minimum absolute atomic E-state index is 0.129. The maximum atomic E-state index is 13.1. The van der Waals surface area contributed by atoms with Gasteiger partial charge in [-0.15, -0.1) is 0 Å². The van der Waals surface area contributed by atoms with Crippen LogP contribution in [0.1, 0.15) is 43.1 Å². The summed E-state index contributed by atoms with van der Waals surface area (Å²) in [6.45, 7) is 3.74. The second kappa shape index (κ2) is 6.60. The van der Waals surface area contributed by atoms with E-state index in [9.17, 15) is 23.9 Å². The summed E-state index contributed by atoms with van der Waals surface area (Å²) >= 11 is 0. The third-order valence-corrected chi connectivity index (χ3v) is 3.76. The quantitative estimate of drug-likeness (QED) is 0.915. The fourth-order valence-corrected chi connectivity index (χ4v) is 2.48. The van der Waals surface area contributed by atoms with Gasteiger partial charge >= 0.3 is 11.7 Å². The minimum atomic E-state index is -1.41. The van der Waals surface area contributed by atoms with E-state index in [1.807, 2.05) is 13.8 Å². The smallest absolute Gasteiger partial charge is 0.342 e. The molecule has 2 rings (SSSR count). The van der Waals surface area contributed by atoms with Crippen LogP contribution in [-0.2, 0) is 0 Å². The summed E-state index contributed by atoms with van der Waals surface area (Å²) in [7, 11) is 0. The maximum Gasteiger partial charge on any atom is 0.342 e. The Balaban J connectivity index is 2.84. The van der Waals surface area contributed by atoms with Crippen LogP contribution in [0.15, 0.2) is 40.1 Å². The van der Waals surface area contributed by atoms with Crippen molar-refractivity contribution in [1.29, 1.82) is 0 Å². The molecule has 1 aromatic heterocycles. The number of aromatic nitrogens is 2. The molecular weight excluding hydrogens is 303 g/mol. The predicted octanol–water partition coefficient (Wildman–Crippen LogP) is 2.20. The first-order valence-corrected chi connectivity index (χ1v) is 7.28. The van der Waals surface area contributed by atoms with E-state index in [1.54, 1.807) is 0 Å². The van der Waals surface area contributed by atoms with E-state index in [0.29, 0.717) is 12.8 Å². The topological polar surface area (TPSA) is 81.3 Å². The van der Waals surface area contributed by atoms with E-state index in [2.05, 4.69) is 0 Å². The number of carbonyl (C=O) groups is 1. The molecule has 7 heteroatoms. The molecule has 122 valence electrons. The Kier molecular flexibility index (Phi) is 4.78. The Bertz CT molecular complexity index is 833. The van der Waals surface area contributed by atoms with E-state index in [1.165, 1.54) is 16.7 Å². The van der Waals surface area contributed by atoms with Gasteiger partial charge in [0, 0.05) is 12.2 Å². The average Bonchev–Trinajstić information content (AvgIpc) is 2.52. The van der Waals surface area contributed by atoms with Crippen LogP contribution in [0.25, 0.3) is 5.69 Å². The SMILES string of the molecule is CCC(CC)n1cc(C(=O)O)c(=O)n(-c2ccc(F)cc2)c1=O. The number of aromatic carboxylic acids is 1. The van der Waals surface area contributed by atoms with Gasteiger partial charge in [-0.25, -0.2) is 18.5 Å². The molecule has 0 aliphatic heterocycles. The van der Waals surface area contributed by atoms with Crippen LogP contribution in [0.2, 0.25) is 0 Å². The molecule has 0 saturated carbocycles. The van der Waals surface area contributed by atoms with Gasteiger partial charge in [0.1, 0.15) is 11.4 Å². The predicted molar refractivity (Wildman–Crippen MR) is 82.8 cm³/mol. The summed E-state index contributed by atoms with van der Waals surface area (Å²) in [6, 6.07) is 4.52. The van der Waals surface area contributed by atoms with Crippen molar-refractivity contribution < 1.29 is 14.3 Å². The van der Waals surface area contributed by atoms with E-state index in [4.69, 9.17) is 0 Å². The number of halogens is 1. The summed E-state index contributed by atoms with van der Waals surface area (Å²) < 4.78 is 15.1. The molecule has 2 aromatic rings. The van der Waals surface area contributed by atoms with Gasteiger partial charge in [-0.2, -0.15) is 0 Å². The summed E-state index contributed by atoms with van der Waals surface area (Å²) in [4.78, 5) is 36.3. The molecular formula is C16H17FN2O4. The Morgan fingerprint density at radius 3 is 2.22 bits per heavy atom. The number of carboxylic acids is 1. The second-order valence-electron chi connectivity index (χ2n) is 5.13. The first-order chi connectivity index (χ1) is 10.9. The number of hydrogen-bond donors (Lipinski definition) is 1. The third-order valence-electron chi connectivity index (χ3n) is 3.76. The first-order valence-electron chi connectivity index (χ1n) is 7.28. The van der Waals surface area contributed by atoms with Gasteiger partial charge in [0.05, 0.1) is 5.69 Å². The van der Waals surface area contributed by atoms with Crippen LogP contribution in [-0.4, -0.2) is 20.2 Å². The van der Waals surface area contributed by atoms with E-state index < -0.39 is 28.6 Å². The van der Waals surface area contributed by atoms with Gasteiger partial charge in [0.2, 0.25) is 0 Å². The second-order valence-corrected chi connectivity index (χ2v) is 5.13. The molecule has 0 spiro atoms. The lowest BCUT2D eigenvalue weighted by Crippen LogP contribution is -2.42. The lowest BCUT2D eigenvalue weighted by atomic mass is 10.1. The first kappa shape index (κ1) is 16.7. The van der Waals surface area contributed by atoms with Crippen molar-refractivity contribution in [2.75, 3.05) is 0 Å². The molecule has 1 N–H and O–H groups in total. The molecule has 0 aliphatic rings. The highest BCUT2D eigenvalue weighted by molar-refractivity contribution is 5.86. The van der Waals surface area contributed by atoms with Gasteiger partial charge in [-0.05, 0) is 37.1 Å². The Labute approximate surface area is 131 Å². The lowest BCUT2D eigenvalue weighted by molar-refractivity contribution is 0.0693. The zero-order valence-electron chi connectivity index (χ0n) is 12.8. The Hall–Kier alpha value is -2.70. The minimum Gasteiger partial charge on any atom is -0.477 e. The summed E-state index contributed by atoms with van der Waals surface area (Å²) in [5.74, 6) is -1.93. The third kappa shape index (κ3) is 3.08. The molecule has 0 unspecified atom stereocenters. The largest absolute Gasteiger partial charge is 0.477 e. The fraction of sp³-hybridized carbons (Fsp3) is 0.312. The van der Waals surface area contributed by atoms with Crippen LogP contribution in [0.5, 0.6) is 0 Å². The van der Waals surface area contributed by atoms with Crippen LogP contribution < -0.4 is 11.2 Å². The van der Waals surface area contributed by atoms with E-state index in [0.717, 1.165) is 22.9 Å². The van der Waals surface area contributed by atoms with Crippen molar-refractivity contribution in [3.8, 4) is 5.69 Å². The standard InChI is InChI=1S/C16H17FN2O4/c1-3-11(4-2)18-9-13(15(21)22)14(20)19(16(18)23)12-7-5-10(17)6-8-12/h5-9,11H,3-4H2,1-2H3,(H,21,22). The van der Waals surface area contributed by atoms with Crippen molar-refractivity contribution in [1.82, 2.24) is 9.13 Å². The molecule has 23 heavy (non-hydrogen) atoms. The molecule has 1 aromatic carbocycles. The van der Waals surface area contributed by atoms with E-state index in [-0.39, 0.29) is 11.7 Å². The van der Waals surface area contributed by atoms with Crippen LogP contribution in [0.3, 0.4) is 0 Å². The summed E-state index contributed by atoms with van der Waals surface area (Å²) in [5, 5.41) is 9.23.